The molecule has 0 bridgehead atoms. The molecule has 1 N–H and O–H groups in total. The van der Waals surface area contributed by atoms with Crippen LogP contribution >= 0.6 is 0 Å². The number of hydrogen-bond donors (Lipinski definition) is 1. The summed E-state index contributed by atoms with van der Waals surface area (Å²) in [5, 5.41) is 2.87. The van der Waals surface area contributed by atoms with Gasteiger partial charge < -0.3 is 9.53 Å². The maximum atomic E-state index is 9.66. The zero-order valence-electron chi connectivity index (χ0n) is 5.30. The van der Waals surface area contributed by atoms with Crippen LogP contribution in [0.15, 0.2) is 12.7 Å². The summed E-state index contributed by atoms with van der Waals surface area (Å²) in [7, 11) is 0. The predicted octanol–water partition coefficient (Wildman–Crippen LogP) is -0.0650. The van der Waals surface area contributed by atoms with Gasteiger partial charge in [-0.05, 0) is 0 Å². The van der Waals surface area contributed by atoms with E-state index in [9.17, 15) is 4.79 Å². The van der Waals surface area contributed by atoms with Crippen LogP contribution in [0.3, 0.4) is 0 Å². The maximum absolute atomic E-state index is 9.66. The van der Waals surface area contributed by atoms with Crippen molar-refractivity contribution in [2.24, 2.45) is 0 Å². The third kappa shape index (κ3) is 7.33. The lowest BCUT2D eigenvalue weighted by Gasteiger charge is -1.98. The van der Waals surface area contributed by atoms with E-state index in [-0.39, 0.29) is 6.61 Å². The monoisotopic (exact) mass is 129 g/mol. The topological polar surface area (TPSA) is 38.3 Å². The van der Waals surface area contributed by atoms with E-state index in [2.05, 4.69) is 11.9 Å². The number of hydrogen-bond acceptors (Lipinski definition) is 3. The van der Waals surface area contributed by atoms with Crippen LogP contribution in [-0.2, 0) is 9.53 Å². The minimum atomic E-state index is 0.157. The quantitative estimate of drug-likeness (QED) is 0.236. The number of carbonyl (C=O) groups excluding carboxylic acids is 1. The third-order valence-electron chi connectivity index (χ3n) is 0.679. The highest BCUT2D eigenvalue weighted by atomic mass is 16.5. The molecular formula is C6H11NO2. The molecule has 0 rings (SSSR count). The molecule has 0 radical (unpaired) electrons. The van der Waals surface area contributed by atoms with E-state index in [0.717, 1.165) is 6.29 Å². The van der Waals surface area contributed by atoms with Crippen LogP contribution in [0.1, 0.15) is 0 Å². The second kappa shape index (κ2) is 7.33. The molecule has 0 heterocycles. The molecule has 9 heavy (non-hydrogen) atoms. The Morgan fingerprint density at radius 3 is 3.00 bits per heavy atom. The summed E-state index contributed by atoms with van der Waals surface area (Å²) in [5.41, 5.74) is 0. The molecule has 0 spiro atoms. The maximum Gasteiger partial charge on any atom is 0.145 e. The second-order valence-electron chi connectivity index (χ2n) is 1.42. The number of carbonyl (C=O) groups is 1. The first-order valence-electron chi connectivity index (χ1n) is 2.74. The largest absolute Gasteiger partial charge is 0.359 e. The molecule has 0 aliphatic carbocycles. The molecule has 0 unspecified atom stereocenters. The van der Waals surface area contributed by atoms with E-state index in [1.807, 2.05) is 0 Å². The molecule has 3 nitrogen and oxygen atoms in total. The van der Waals surface area contributed by atoms with Gasteiger partial charge in [0.1, 0.15) is 12.9 Å². The highest BCUT2D eigenvalue weighted by Gasteiger charge is 1.80. The molecule has 0 aromatic carbocycles. The Labute approximate surface area is 54.7 Å². The van der Waals surface area contributed by atoms with Crippen molar-refractivity contribution in [3.8, 4) is 0 Å². The van der Waals surface area contributed by atoms with Gasteiger partial charge in [-0.3, -0.25) is 5.32 Å². The molecule has 52 valence electrons. The van der Waals surface area contributed by atoms with E-state index >= 15 is 0 Å². The summed E-state index contributed by atoms with van der Waals surface area (Å²) >= 11 is 0. The average Bonchev–Trinajstić information content (AvgIpc) is 1.89. The molecular weight excluding hydrogens is 118 g/mol. The molecule has 0 aromatic heterocycles. The van der Waals surface area contributed by atoms with E-state index in [1.54, 1.807) is 6.08 Å². The van der Waals surface area contributed by atoms with Crippen LogP contribution in [0, 0.1) is 0 Å². The van der Waals surface area contributed by atoms with Gasteiger partial charge in [0.15, 0.2) is 0 Å². The van der Waals surface area contributed by atoms with Gasteiger partial charge in [0.2, 0.25) is 0 Å². The minimum absolute atomic E-state index is 0.157. The molecule has 3 heteroatoms. The Bertz CT molecular complexity index is 73.1. The van der Waals surface area contributed by atoms with Gasteiger partial charge in [-0.15, -0.1) is 6.58 Å². The zero-order chi connectivity index (χ0) is 6.95. The fraction of sp³-hybridized carbons (Fsp3) is 0.500. The van der Waals surface area contributed by atoms with Crippen LogP contribution in [0.25, 0.3) is 0 Å². The highest BCUT2D eigenvalue weighted by Crippen LogP contribution is 1.65. The molecule has 0 atom stereocenters. The Balaban J connectivity index is 2.74. The van der Waals surface area contributed by atoms with Crippen LogP contribution in [0.4, 0.5) is 0 Å². The molecule has 0 saturated heterocycles. The lowest BCUT2D eigenvalue weighted by molar-refractivity contribution is -0.112. The number of aldehydes is 1. The SMILES string of the molecule is C=CCNCOCC=O. The summed E-state index contributed by atoms with van der Waals surface area (Å²) in [4.78, 5) is 9.66. The Morgan fingerprint density at radius 1 is 1.67 bits per heavy atom. The van der Waals surface area contributed by atoms with E-state index in [4.69, 9.17) is 4.74 Å². The van der Waals surface area contributed by atoms with Crippen molar-refractivity contribution in [1.82, 2.24) is 5.32 Å². The lowest BCUT2D eigenvalue weighted by atomic mass is 10.6. The molecule has 0 amide bonds. The van der Waals surface area contributed by atoms with Gasteiger partial charge in [-0.25, -0.2) is 0 Å². The van der Waals surface area contributed by atoms with Gasteiger partial charge in [-0.1, -0.05) is 6.08 Å². The smallest absolute Gasteiger partial charge is 0.145 e. The zero-order valence-corrected chi connectivity index (χ0v) is 5.30. The van der Waals surface area contributed by atoms with Crippen molar-refractivity contribution in [2.45, 2.75) is 0 Å². The standard InChI is InChI=1S/C6H11NO2/c1-2-3-7-6-9-5-4-8/h2,4,7H,1,3,5-6H2. The van der Waals surface area contributed by atoms with Crippen molar-refractivity contribution < 1.29 is 9.53 Å². The van der Waals surface area contributed by atoms with Gasteiger partial charge in [0.05, 0.1) is 6.73 Å². The summed E-state index contributed by atoms with van der Waals surface area (Å²) in [5.74, 6) is 0. The highest BCUT2D eigenvalue weighted by molar-refractivity contribution is 5.50. The van der Waals surface area contributed by atoms with Gasteiger partial charge in [0, 0.05) is 6.54 Å². The summed E-state index contributed by atoms with van der Waals surface area (Å²) in [6, 6.07) is 0. The lowest BCUT2D eigenvalue weighted by Crippen LogP contribution is -2.18. The first kappa shape index (κ1) is 8.33. The summed E-state index contributed by atoms with van der Waals surface area (Å²) in [6.07, 6.45) is 2.44. The van der Waals surface area contributed by atoms with E-state index < -0.39 is 0 Å². The van der Waals surface area contributed by atoms with Crippen LogP contribution in [-0.4, -0.2) is 26.2 Å². The van der Waals surface area contributed by atoms with Crippen molar-refractivity contribution >= 4 is 6.29 Å². The third-order valence-corrected chi connectivity index (χ3v) is 0.679. The first-order valence-corrected chi connectivity index (χ1v) is 2.74. The van der Waals surface area contributed by atoms with Crippen molar-refractivity contribution in [2.75, 3.05) is 19.9 Å². The van der Waals surface area contributed by atoms with Crippen LogP contribution in [0.2, 0.25) is 0 Å². The number of rotatable bonds is 6. The van der Waals surface area contributed by atoms with E-state index in [1.165, 1.54) is 0 Å². The molecule has 0 aliphatic rings. The Kier molecular flexibility index (Phi) is 6.78. The van der Waals surface area contributed by atoms with Gasteiger partial charge in [0.25, 0.3) is 0 Å². The molecule has 0 fully saturated rings. The van der Waals surface area contributed by atoms with E-state index in [0.29, 0.717) is 13.3 Å². The Hall–Kier alpha value is -0.670. The van der Waals surface area contributed by atoms with Gasteiger partial charge >= 0.3 is 0 Å². The predicted molar refractivity (Wildman–Crippen MR) is 35.1 cm³/mol. The fourth-order valence-electron chi connectivity index (χ4n) is 0.340. The van der Waals surface area contributed by atoms with Crippen molar-refractivity contribution in [3.63, 3.8) is 0 Å². The minimum Gasteiger partial charge on any atom is -0.359 e. The van der Waals surface area contributed by atoms with Crippen LogP contribution in [0.5, 0.6) is 0 Å². The summed E-state index contributed by atoms with van der Waals surface area (Å²) < 4.78 is 4.76. The number of ether oxygens (including phenoxy) is 1. The molecule has 0 aromatic rings. The fourth-order valence-corrected chi connectivity index (χ4v) is 0.340. The normalized spacial score (nSPS) is 8.89. The van der Waals surface area contributed by atoms with Gasteiger partial charge in [-0.2, -0.15) is 0 Å². The van der Waals surface area contributed by atoms with Crippen molar-refractivity contribution in [3.05, 3.63) is 12.7 Å². The Morgan fingerprint density at radius 2 is 2.44 bits per heavy atom. The second-order valence-corrected chi connectivity index (χ2v) is 1.42. The first-order chi connectivity index (χ1) is 4.41. The van der Waals surface area contributed by atoms with Crippen molar-refractivity contribution in [1.29, 1.82) is 0 Å². The molecule has 0 aliphatic heterocycles. The average molecular weight is 129 g/mol. The van der Waals surface area contributed by atoms with Crippen LogP contribution < -0.4 is 5.32 Å². The molecule has 0 saturated carbocycles. The summed E-state index contributed by atoms with van der Waals surface area (Å²) in [6.45, 7) is 4.76. The number of nitrogens with one attached hydrogen (secondary N) is 1.